The number of hydrogen-bond acceptors (Lipinski definition) is 3. The third kappa shape index (κ3) is 3.75. The fourth-order valence-electron chi connectivity index (χ4n) is 2.84. The Morgan fingerprint density at radius 3 is 2.42 bits per heavy atom. The average Bonchev–Trinajstić information content (AvgIpc) is 2.86. The van der Waals surface area contributed by atoms with Gasteiger partial charge in [0.1, 0.15) is 18.4 Å². The van der Waals surface area contributed by atoms with Crippen LogP contribution >= 0.6 is 34.8 Å². The smallest absolute Gasteiger partial charge is 0.254 e. The molecule has 0 aromatic heterocycles. The largest absolute Gasteiger partial charge is 0.492 e. The Balaban J connectivity index is 1.81. The van der Waals surface area contributed by atoms with Gasteiger partial charge in [0, 0.05) is 22.5 Å². The van der Waals surface area contributed by atoms with E-state index < -0.39 is 6.04 Å². The summed E-state index contributed by atoms with van der Waals surface area (Å²) in [6, 6.07) is 9.30. The van der Waals surface area contributed by atoms with Gasteiger partial charge in [-0.25, -0.2) is 0 Å². The summed E-state index contributed by atoms with van der Waals surface area (Å²) in [6.45, 7) is 1.84. The van der Waals surface area contributed by atoms with E-state index in [1.807, 2.05) is 0 Å². The van der Waals surface area contributed by atoms with E-state index in [1.54, 1.807) is 36.4 Å². The quantitative estimate of drug-likeness (QED) is 0.797. The van der Waals surface area contributed by atoms with Gasteiger partial charge in [0.25, 0.3) is 5.91 Å². The molecule has 1 aliphatic rings. The Morgan fingerprint density at radius 1 is 1.12 bits per heavy atom. The summed E-state index contributed by atoms with van der Waals surface area (Å²) in [5.74, 6) is 0.00591. The van der Waals surface area contributed by atoms with Gasteiger partial charge in [-0.05, 0) is 36.4 Å². The van der Waals surface area contributed by atoms with Crippen molar-refractivity contribution in [2.24, 2.45) is 0 Å². The van der Waals surface area contributed by atoms with E-state index in [1.165, 1.54) is 11.8 Å². The van der Waals surface area contributed by atoms with Crippen LogP contribution in [0.3, 0.4) is 0 Å². The number of ether oxygens (including phenoxy) is 1. The minimum Gasteiger partial charge on any atom is -0.492 e. The van der Waals surface area contributed by atoms with Gasteiger partial charge in [-0.2, -0.15) is 0 Å². The van der Waals surface area contributed by atoms with Crippen LogP contribution in [0, 0.1) is 0 Å². The lowest BCUT2D eigenvalue weighted by Gasteiger charge is -2.19. The van der Waals surface area contributed by atoms with Gasteiger partial charge in [-0.15, -0.1) is 0 Å². The summed E-state index contributed by atoms with van der Waals surface area (Å²) >= 11 is 18.4. The van der Waals surface area contributed by atoms with Crippen LogP contribution in [0.5, 0.6) is 5.75 Å². The number of anilines is 1. The zero-order valence-corrected chi connectivity index (χ0v) is 16.0. The lowest BCUT2D eigenvalue weighted by Crippen LogP contribution is -2.38. The van der Waals surface area contributed by atoms with E-state index >= 15 is 0 Å². The van der Waals surface area contributed by atoms with Crippen LogP contribution in [0.1, 0.15) is 18.5 Å². The van der Waals surface area contributed by atoms with E-state index in [-0.39, 0.29) is 25.0 Å². The molecule has 1 atom stereocenters. The first kappa shape index (κ1) is 18.8. The number of carbonyl (C=O) groups is 2. The van der Waals surface area contributed by atoms with Crippen LogP contribution in [0.4, 0.5) is 5.69 Å². The third-order valence-electron chi connectivity index (χ3n) is 3.93. The molecular weight excluding hydrogens is 399 g/mol. The monoisotopic (exact) mass is 412 g/mol. The number of amides is 2. The minimum absolute atomic E-state index is 0.239. The number of benzene rings is 2. The Labute approximate surface area is 165 Å². The fraction of sp³-hybridized carbons (Fsp3) is 0.222. The molecule has 2 amide bonds. The van der Waals surface area contributed by atoms with E-state index in [4.69, 9.17) is 39.5 Å². The van der Waals surface area contributed by atoms with Crippen LogP contribution in [-0.4, -0.2) is 25.0 Å². The van der Waals surface area contributed by atoms with Crippen LogP contribution < -0.4 is 15.0 Å². The summed E-state index contributed by atoms with van der Waals surface area (Å²) in [7, 11) is 0. The van der Waals surface area contributed by atoms with Gasteiger partial charge in [0.05, 0.1) is 17.3 Å². The molecule has 1 N–H and O–H groups in total. The van der Waals surface area contributed by atoms with E-state index in [0.717, 1.165) is 0 Å². The van der Waals surface area contributed by atoms with Crippen LogP contribution in [0.2, 0.25) is 15.1 Å². The molecule has 0 spiro atoms. The SMILES string of the molecule is CC(=O)N[C@H]1C(=O)N(CCOc2ccc(Cl)cc2)c2c(Cl)ccc(Cl)c21. The number of fused-ring (bicyclic) bond motifs is 1. The molecule has 0 saturated heterocycles. The summed E-state index contributed by atoms with van der Waals surface area (Å²) < 4.78 is 5.66. The molecule has 2 aromatic rings. The normalized spacial score (nSPS) is 15.8. The van der Waals surface area contributed by atoms with Crippen molar-refractivity contribution in [1.29, 1.82) is 0 Å². The van der Waals surface area contributed by atoms with E-state index in [2.05, 4.69) is 5.32 Å². The molecule has 2 aromatic carbocycles. The second kappa shape index (κ2) is 7.74. The Morgan fingerprint density at radius 2 is 1.77 bits per heavy atom. The molecule has 8 heteroatoms. The second-order valence-electron chi connectivity index (χ2n) is 5.72. The standard InChI is InChI=1S/C18H15Cl3N2O3/c1-10(24)22-16-15-13(20)6-7-14(21)17(15)23(18(16)25)8-9-26-12-4-2-11(19)3-5-12/h2-7,16H,8-9H2,1H3,(H,22,24)/t16-/m1/s1. The summed E-state index contributed by atoms with van der Waals surface area (Å²) in [5.41, 5.74) is 1.01. The molecular formula is C18H15Cl3N2O3. The highest BCUT2D eigenvalue weighted by Crippen LogP contribution is 2.44. The Bertz CT molecular complexity index is 856. The van der Waals surface area contributed by atoms with Gasteiger partial charge in [-0.1, -0.05) is 34.8 Å². The van der Waals surface area contributed by atoms with Gasteiger partial charge in [0.15, 0.2) is 0 Å². The lowest BCUT2D eigenvalue weighted by molar-refractivity contribution is -0.126. The zero-order chi connectivity index (χ0) is 18.8. The van der Waals surface area contributed by atoms with Crippen molar-refractivity contribution < 1.29 is 14.3 Å². The van der Waals surface area contributed by atoms with Gasteiger partial charge < -0.3 is 15.0 Å². The van der Waals surface area contributed by atoms with Crippen LogP contribution in [0.15, 0.2) is 36.4 Å². The topological polar surface area (TPSA) is 58.6 Å². The average molecular weight is 414 g/mol. The Kier molecular flexibility index (Phi) is 5.61. The minimum atomic E-state index is -0.857. The highest BCUT2D eigenvalue weighted by molar-refractivity contribution is 6.38. The van der Waals surface area contributed by atoms with Crippen molar-refractivity contribution >= 4 is 52.3 Å². The van der Waals surface area contributed by atoms with Gasteiger partial charge in [-0.3, -0.25) is 9.59 Å². The van der Waals surface area contributed by atoms with Crippen molar-refractivity contribution in [2.75, 3.05) is 18.1 Å². The summed E-state index contributed by atoms with van der Waals surface area (Å²) in [6.07, 6.45) is 0. The van der Waals surface area contributed by atoms with Crippen LogP contribution in [0.25, 0.3) is 0 Å². The molecule has 0 aliphatic carbocycles. The molecule has 1 aliphatic heterocycles. The number of carbonyl (C=O) groups excluding carboxylic acids is 2. The molecule has 0 unspecified atom stereocenters. The molecule has 0 fully saturated rings. The fourth-order valence-corrected chi connectivity index (χ4v) is 3.49. The number of hydrogen-bond donors (Lipinski definition) is 1. The van der Waals surface area contributed by atoms with Gasteiger partial charge >= 0.3 is 0 Å². The highest BCUT2D eigenvalue weighted by atomic mass is 35.5. The first-order valence-electron chi connectivity index (χ1n) is 7.83. The molecule has 0 radical (unpaired) electrons. The lowest BCUT2D eigenvalue weighted by atomic mass is 10.1. The number of nitrogens with zero attached hydrogens (tertiary/aromatic N) is 1. The Hall–Kier alpha value is -1.95. The van der Waals surface area contributed by atoms with Crippen molar-refractivity contribution in [3.05, 3.63) is 57.0 Å². The maximum atomic E-state index is 12.8. The second-order valence-corrected chi connectivity index (χ2v) is 6.97. The molecule has 5 nitrogen and oxygen atoms in total. The third-order valence-corrected chi connectivity index (χ3v) is 4.82. The number of nitrogens with one attached hydrogen (secondary N) is 1. The zero-order valence-electron chi connectivity index (χ0n) is 13.8. The molecule has 0 saturated carbocycles. The van der Waals surface area contributed by atoms with Crippen molar-refractivity contribution in [3.8, 4) is 5.75 Å². The predicted octanol–water partition coefficient (Wildman–Crippen LogP) is 4.25. The highest BCUT2D eigenvalue weighted by Gasteiger charge is 2.40. The number of rotatable bonds is 5. The van der Waals surface area contributed by atoms with Crippen LogP contribution in [-0.2, 0) is 9.59 Å². The van der Waals surface area contributed by atoms with Crippen molar-refractivity contribution in [3.63, 3.8) is 0 Å². The summed E-state index contributed by atoms with van der Waals surface area (Å²) in [4.78, 5) is 25.8. The van der Waals surface area contributed by atoms with Crippen molar-refractivity contribution in [1.82, 2.24) is 5.32 Å². The molecule has 0 bridgehead atoms. The first-order chi connectivity index (χ1) is 12.4. The maximum Gasteiger partial charge on any atom is 0.254 e. The molecule has 26 heavy (non-hydrogen) atoms. The molecule has 136 valence electrons. The maximum absolute atomic E-state index is 12.8. The number of halogens is 3. The first-order valence-corrected chi connectivity index (χ1v) is 8.96. The molecule has 1 heterocycles. The van der Waals surface area contributed by atoms with Gasteiger partial charge in [0.2, 0.25) is 5.91 Å². The molecule has 3 rings (SSSR count). The van der Waals surface area contributed by atoms with E-state index in [0.29, 0.717) is 32.1 Å². The summed E-state index contributed by atoms with van der Waals surface area (Å²) in [5, 5.41) is 4.00. The van der Waals surface area contributed by atoms with E-state index in [9.17, 15) is 9.59 Å². The van der Waals surface area contributed by atoms with Crippen molar-refractivity contribution in [2.45, 2.75) is 13.0 Å². The predicted molar refractivity (Wildman–Crippen MR) is 102 cm³/mol.